The Hall–Kier alpha value is -1.39. The Bertz CT molecular complexity index is 441. The minimum absolute atomic E-state index is 0.121. The molecule has 72 valence electrons. The van der Waals surface area contributed by atoms with Crippen LogP contribution < -0.4 is 0 Å². The maximum Gasteiger partial charge on any atom is 0.109 e. The van der Waals surface area contributed by atoms with Crippen molar-refractivity contribution in [2.24, 2.45) is 0 Å². The number of halogens is 1. The maximum absolute atomic E-state index is 8.82. The van der Waals surface area contributed by atoms with E-state index in [0.29, 0.717) is 16.4 Å². The highest BCUT2D eigenvalue weighted by atomic mass is 35.5. The second-order valence-corrected chi connectivity index (χ2v) is 3.14. The molecule has 1 heterocycles. The van der Waals surface area contributed by atoms with E-state index >= 15 is 0 Å². The Kier molecular flexibility index (Phi) is 2.47. The van der Waals surface area contributed by atoms with E-state index in [0.717, 1.165) is 0 Å². The lowest BCUT2D eigenvalue weighted by molar-refractivity contribution is 0.276. The van der Waals surface area contributed by atoms with Crippen molar-refractivity contribution in [3.05, 3.63) is 41.2 Å². The molecule has 14 heavy (non-hydrogen) atoms. The van der Waals surface area contributed by atoms with Crippen LogP contribution in [-0.2, 0) is 6.61 Å². The van der Waals surface area contributed by atoms with Gasteiger partial charge >= 0.3 is 0 Å². The third kappa shape index (κ3) is 1.62. The van der Waals surface area contributed by atoms with Gasteiger partial charge in [-0.05, 0) is 12.1 Å². The molecule has 0 saturated carbocycles. The molecule has 0 radical (unpaired) electrons. The van der Waals surface area contributed by atoms with Gasteiger partial charge in [-0.15, -0.1) is 4.80 Å². The molecule has 2 aromatic rings. The van der Waals surface area contributed by atoms with Gasteiger partial charge in [-0.3, -0.25) is 0 Å². The predicted molar refractivity (Wildman–Crippen MR) is 52.3 cm³/mol. The zero-order valence-electron chi connectivity index (χ0n) is 7.26. The molecule has 0 aliphatic carbocycles. The number of hydrogen-bond acceptors (Lipinski definition) is 3. The molecule has 0 aliphatic heterocycles. The summed E-state index contributed by atoms with van der Waals surface area (Å²) in [6.45, 7) is -0.121. The molecule has 4 nitrogen and oxygen atoms in total. The van der Waals surface area contributed by atoms with Crippen molar-refractivity contribution in [1.82, 2.24) is 15.0 Å². The van der Waals surface area contributed by atoms with Gasteiger partial charge in [0.05, 0.1) is 17.8 Å². The van der Waals surface area contributed by atoms with E-state index in [2.05, 4.69) is 10.2 Å². The zero-order chi connectivity index (χ0) is 9.97. The Labute approximate surface area is 85.7 Å². The molecule has 0 saturated heterocycles. The highest BCUT2D eigenvalue weighted by Gasteiger charge is 2.04. The number of aromatic nitrogens is 3. The number of hydrogen-bond donors (Lipinski definition) is 1. The molecule has 1 aromatic carbocycles. The first-order chi connectivity index (χ1) is 6.81. The highest BCUT2D eigenvalue weighted by molar-refractivity contribution is 6.32. The van der Waals surface area contributed by atoms with E-state index in [1.165, 1.54) is 11.0 Å². The standard InChI is InChI=1S/C9H8ClN3O/c10-8-3-1-2-4-9(8)13-11-5-7(6-14)12-13/h1-5,14H,6H2. The molecule has 0 bridgehead atoms. The predicted octanol–water partition coefficient (Wildman–Crippen LogP) is 1.41. The second kappa shape index (κ2) is 3.77. The molecule has 1 aromatic heterocycles. The first-order valence-corrected chi connectivity index (χ1v) is 4.46. The van der Waals surface area contributed by atoms with Gasteiger partial charge in [0.1, 0.15) is 11.4 Å². The second-order valence-electron chi connectivity index (χ2n) is 2.73. The first-order valence-electron chi connectivity index (χ1n) is 4.08. The van der Waals surface area contributed by atoms with Crippen LogP contribution in [0.3, 0.4) is 0 Å². The van der Waals surface area contributed by atoms with E-state index in [1.54, 1.807) is 6.07 Å². The summed E-state index contributed by atoms with van der Waals surface area (Å²) < 4.78 is 0. The quantitative estimate of drug-likeness (QED) is 0.814. The fourth-order valence-corrected chi connectivity index (χ4v) is 1.31. The van der Waals surface area contributed by atoms with Crippen LogP contribution in [0, 0.1) is 0 Å². The van der Waals surface area contributed by atoms with Crippen molar-refractivity contribution in [2.45, 2.75) is 6.61 Å². The highest BCUT2D eigenvalue weighted by Crippen LogP contribution is 2.17. The summed E-state index contributed by atoms with van der Waals surface area (Å²) in [5, 5.41) is 17.4. The van der Waals surface area contributed by atoms with Gasteiger partial charge in [-0.1, -0.05) is 23.7 Å². The normalized spacial score (nSPS) is 10.4. The first kappa shape index (κ1) is 9.18. The summed E-state index contributed by atoms with van der Waals surface area (Å²) in [5.74, 6) is 0. The number of aliphatic hydroxyl groups excluding tert-OH is 1. The topological polar surface area (TPSA) is 50.9 Å². The van der Waals surface area contributed by atoms with E-state index in [4.69, 9.17) is 16.7 Å². The summed E-state index contributed by atoms with van der Waals surface area (Å²) >= 11 is 5.95. The summed E-state index contributed by atoms with van der Waals surface area (Å²) in [7, 11) is 0. The minimum atomic E-state index is -0.121. The van der Waals surface area contributed by atoms with Crippen molar-refractivity contribution in [2.75, 3.05) is 0 Å². The average molecular weight is 210 g/mol. The maximum atomic E-state index is 8.82. The average Bonchev–Trinajstić information content (AvgIpc) is 2.67. The lowest BCUT2D eigenvalue weighted by Gasteiger charge is -2.00. The molecule has 1 N–H and O–H groups in total. The molecule has 2 rings (SSSR count). The number of aliphatic hydroxyl groups is 1. The van der Waals surface area contributed by atoms with Gasteiger partial charge < -0.3 is 5.11 Å². The van der Waals surface area contributed by atoms with Crippen LogP contribution >= 0.6 is 11.6 Å². The van der Waals surface area contributed by atoms with Crippen LogP contribution in [0.1, 0.15) is 5.69 Å². The number of para-hydroxylation sites is 1. The third-order valence-corrected chi connectivity index (χ3v) is 2.09. The monoisotopic (exact) mass is 209 g/mol. The van der Waals surface area contributed by atoms with Crippen molar-refractivity contribution >= 4 is 11.6 Å². The fraction of sp³-hybridized carbons (Fsp3) is 0.111. The van der Waals surface area contributed by atoms with Gasteiger partial charge in [-0.25, -0.2) is 0 Å². The fourth-order valence-electron chi connectivity index (χ4n) is 1.10. The van der Waals surface area contributed by atoms with Gasteiger partial charge in [0.15, 0.2) is 0 Å². The van der Waals surface area contributed by atoms with Gasteiger partial charge in [0.2, 0.25) is 0 Å². The zero-order valence-corrected chi connectivity index (χ0v) is 8.02. The Balaban J connectivity index is 2.44. The van der Waals surface area contributed by atoms with Crippen molar-refractivity contribution in [3.63, 3.8) is 0 Å². The van der Waals surface area contributed by atoms with Crippen molar-refractivity contribution < 1.29 is 5.11 Å². The van der Waals surface area contributed by atoms with Gasteiger partial charge in [-0.2, -0.15) is 10.2 Å². The Morgan fingerprint density at radius 2 is 2.14 bits per heavy atom. The summed E-state index contributed by atoms with van der Waals surface area (Å²) in [6, 6.07) is 7.26. The van der Waals surface area contributed by atoms with Crippen LogP contribution in [-0.4, -0.2) is 20.1 Å². The van der Waals surface area contributed by atoms with Crippen LogP contribution in [0.25, 0.3) is 5.69 Å². The van der Waals surface area contributed by atoms with Crippen LogP contribution in [0.5, 0.6) is 0 Å². The number of rotatable bonds is 2. The van der Waals surface area contributed by atoms with E-state index < -0.39 is 0 Å². The van der Waals surface area contributed by atoms with Crippen LogP contribution in [0.4, 0.5) is 0 Å². The van der Waals surface area contributed by atoms with Crippen LogP contribution in [0.2, 0.25) is 5.02 Å². The lowest BCUT2D eigenvalue weighted by atomic mass is 10.3. The summed E-state index contributed by atoms with van der Waals surface area (Å²) in [4.78, 5) is 1.40. The molecule has 0 amide bonds. The lowest BCUT2D eigenvalue weighted by Crippen LogP contribution is -1.99. The van der Waals surface area contributed by atoms with E-state index in [-0.39, 0.29) is 6.61 Å². The van der Waals surface area contributed by atoms with Gasteiger partial charge in [0.25, 0.3) is 0 Å². The molecule has 5 heteroatoms. The van der Waals surface area contributed by atoms with Crippen LogP contribution in [0.15, 0.2) is 30.5 Å². The van der Waals surface area contributed by atoms with Crippen molar-refractivity contribution in [3.8, 4) is 5.69 Å². The molecular weight excluding hydrogens is 202 g/mol. The molecule has 0 fully saturated rings. The summed E-state index contributed by atoms with van der Waals surface area (Å²) in [6.07, 6.45) is 1.50. The van der Waals surface area contributed by atoms with E-state index in [9.17, 15) is 0 Å². The number of benzene rings is 1. The van der Waals surface area contributed by atoms with Crippen molar-refractivity contribution in [1.29, 1.82) is 0 Å². The SMILES string of the molecule is OCc1cnn(-c2ccccc2Cl)n1. The van der Waals surface area contributed by atoms with Gasteiger partial charge in [0, 0.05) is 0 Å². The largest absolute Gasteiger partial charge is 0.390 e. The molecule has 0 spiro atoms. The molecular formula is C9H8ClN3O. The smallest absolute Gasteiger partial charge is 0.109 e. The van der Waals surface area contributed by atoms with E-state index in [1.807, 2.05) is 18.2 Å². The Morgan fingerprint density at radius 3 is 2.79 bits per heavy atom. The third-order valence-electron chi connectivity index (χ3n) is 1.77. The molecule has 0 atom stereocenters. The number of nitrogens with zero attached hydrogens (tertiary/aromatic N) is 3. The Morgan fingerprint density at radius 1 is 1.36 bits per heavy atom. The minimum Gasteiger partial charge on any atom is -0.390 e. The molecule has 0 unspecified atom stereocenters. The molecule has 0 aliphatic rings. The summed E-state index contributed by atoms with van der Waals surface area (Å²) in [5.41, 5.74) is 1.22.